The lowest BCUT2D eigenvalue weighted by atomic mass is 10.3. The molecule has 2 aromatic rings. The lowest BCUT2D eigenvalue weighted by Gasteiger charge is -2.06. The highest BCUT2D eigenvalue weighted by Crippen LogP contribution is 2.18. The van der Waals surface area contributed by atoms with Crippen molar-refractivity contribution in [2.24, 2.45) is 0 Å². The standard InChI is InChI=1S/C13H18N4O2S2/c1-3-6-14-7-11-4-5-12(15-8-11)21(18,19)17-13-16-10(2)9-20-13/h4-5,8-9,14H,3,6-7H2,1-2H3,(H,16,17). The molecule has 0 bridgehead atoms. The van der Waals surface area contributed by atoms with Gasteiger partial charge >= 0.3 is 0 Å². The predicted molar refractivity (Wildman–Crippen MR) is 83.9 cm³/mol. The van der Waals surface area contributed by atoms with Crippen LogP contribution in [0.1, 0.15) is 24.6 Å². The second kappa shape index (κ2) is 6.97. The van der Waals surface area contributed by atoms with Gasteiger partial charge in [-0.1, -0.05) is 13.0 Å². The molecule has 2 N–H and O–H groups in total. The van der Waals surface area contributed by atoms with Crippen molar-refractivity contribution in [3.63, 3.8) is 0 Å². The Hall–Kier alpha value is -1.51. The minimum atomic E-state index is -3.68. The maximum atomic E-state index is 12.2. The van der Waals surface area contributed by atoms with E-state index < -0.39 is 10.0 Å². The second-order valence-electron chi connectivity index (χ2n) is 4.58. The molecule has 0 saturated carbocycles. The fraction of sp³-hybridized carbons (Fsp3) is 0.385. The summed E-state index contributed by atoms with van der Waals surface area (Å²) < 4.78 is 26.7. The average Bonchev–Trinajstić information content (AvgIpc) is 2.84. The molecular weight excluding hydrogens is 308 g/mol. The van der Waals surface area contributed by atoms with Gasteiger partial charge in [0.05, 0.1) is 5.69 Å². The second-order valence-corrected chi connectivity index (χ2v) is 7.07. The molecular formula is C13H18N4O2S2. The molecule has 0 amide bonds. The van der Waals surface area contributed by atoms with E-state index in [9.17, 15) is 8.42 Å². The lowest BCUT2D eigenvalue weighted by molar-refractivity contribution is 0.597. The summed E-state index contributed by atoms with van der Waals surface area (Å²) in [6.45, 7) is 5.50. The third kappa shape index (κ3) is 4.48. The topological polar surface area (TPSA) is 84.0 Å². The van der Waals surface area contributed by atoms with Crippen molar-refractivity contribution in [1.29, 1.82) is 0 Å². The van der Waals surface area contributed by atoms with E-state index in [1.54, 1.807) is 17.6 Å². The molecule has 0 aromatic carbocycles. The fourth-order valence-electron chi connectivity index (χ4n) is 1.65. The van der Waals surface area contributed by atoms with Gasteiger partial charge in [-0.2, -0.15) is 8.42 Å². The molecule has 0 radical (unpaired) electrons. The van der Waals surface area contributed by atoms with Gasteiger partial charge in [0.25, 0.3) is 10.0 Å². The largest absolute Gasteiger partial charge is 0.313 e. The Balaban J connectivity index is 2.06. The Morgan fingerprint density at radius 3 is 2.71 bits per heavy atom. The van der Waals surface area contributed by atoms with E-state index in [0.717, 1.165) is 24.2 Å². The zero-order chi connectivity index (χ0) is 15.3. The molecule has 0 spiro atoms. The number of nitrogens with one attached hydrogen (secondary N) is 2. The monoisotopic (exact) mass is 326 g/mol. The number of pyridine rings is 1. The zero-order valence-corrected chi connectivity index (χ0v) is 13.6. The van der Waals surface area contributed by atoms with Crippen LogP contribution in [-0.2, 0) is 16.6 Å². The molecule has 0 atom stereocenters. The summed E-state index contributed by atoms with van der Waals surface area (Å²) in [5.41, 5.74) is 1.73. The van der Waals surface area contributed by atoms with E-state index in [-0.39, 0.29) is 5.03 Å². The third-order valence-electron chi connectivity index (χ3n) is 2.67. The number of anilines is 1. The van der Waals surface area contributed by atoms with Crippen molar-refractivity contribution in [3.05, 3.63) is 35.0 Å². The van der Waals surface area contributed by atoms with Gasteiger partial charge in [-0.15, -0.1) is 11.3 Å². The quantitative estimate of drug-likeness (QED) is 0.762. The molecule has 0 fully saturated rings. The molecule has 6 nitrogen and oxygen atoms in total. The van der Waals surface area contributed by atoms with Crippen molar-refractivity contribution in [1.82, 2.24) is 15.3 Å². The summed E-state index contributed by atoms with van der Waals surface area (Å²) in [6, 6.07) is 3.27. The molecule has 0 aliphatic rings. The van der Waals surface area contributed by atoms with Crippen molar-refractivity contribution >= 4 is 26.5 Å². The Kier molecular flexibility index (Phi) is 5.27. The first-order valence-corrected chi connectivity index (χ1v) is 8.98. The number of thiazole rings is 1. The Labute approximate surface area is 128 Å². The molecule has 0 aliphatic carbocycles. The van der Waals surface area contributed by atoms with E-state index in [1.807, 2.05) is 6.92 Å². The van der Waals surface area contributed by atoms with Crippen LogP contribution in [0.4, 0.5) is 5.13 Å². The highest BCUT2D eigenvalue weighted by atomic mass is 32.2. The Bertz CT molecular complexity index is 680. The number of hydrogen-bond acceptors (Lipinski definition) is 6. The summed E-state index contributed by atoms with van der Waals surface area (Å²) >= 11 is 1.25. The van der Waals surface area contributed by atoms with Crippen LogP contribution in [0, 0.1) is 6.92 Å². The van der Waals surface area contributed by atoms with Gasteiger partial charge in [0, 0.05) is 18.1 Å². The predicted octanol–water partition coefficient (Wildman–Crippen LogP) is 2.15. The van der Waals surface area contributed by atoms with Crippen LogP contribution < -0.4 is 10.0 Å². The minimum Gasteiger partial charge on any atom is -0.313 e. The number of hydrogen-bond donors (Lipinski definition) is 2. The number of rotatable bonds is 7. The van der Waals surface area contributed by atoms with Crippen LogP contribution in [0.5, 0.6) is 0 Å². The average molecular weight is 326 g/mol. The van der Waals surface area contributed by atoms with Crippen molar-refractivity contribution in [2.45, 2.75) is 31.8 Å². The van der Waals surface area contributed by atoms with Crippen molar-refractivity contribution < 1.29 is 8.42 Å². The molecule has 2 aromatic heterocycles. The maximum absolute atomic E-state index is 12.2. The highest BCUT2D eigenvalue weighted by molar-refractivity contribution is 7.92. The summed E-state index contributed by atoms with van der Waals surface area (Å²) in [5.74, 6) is 0. The number of nitrogens with zero attached hydrogens (tertiary/aromatic N) is 2. The Morgan fingerprint density at radius 2 is 2.14 bits per heavy atom. The van der Waals surface area contributed by atoms with Crippen molar-refractivity contribution in [3.8, 4) is 0 Å². The number of aryl methyl sites for hydroxylation is 1. The molecule has 2 heterocycles. The molecule has 0 aliphatic heterocycles. The van der Waals surface area contributed by atoms with Gasteiger partial charge in [0.2, 0.25) is 0 Å². The van der Waals surface area contributed by atoms with E-state index >= 15 is 0 Å². The lowest BCUT2D eigenvalue weighted by Crippen LogP contribution is -2.16. The van der Waals surface area contributed by atoms with E-state index in [1.165, 1.54) is 17.4 Å². The SMILES string of the molecule is CCCNCc1ccc(S(=O)(=O)Nc2nc(C)cs2)nc1. The molecule has 8 heteroatoms. The van der Waals surface area contributed by atoms with Gasteiger partial charge in [-0.3, -0.25) is 4.72 Å². The summed E-state index contributed by atoms with van der Waals surface area (Å²) in [5, 5.41) is 5.37. The molecule has 0 unspecified atom stereocenters. The molecule has 114 valence electrons. The van der Waals surface area contributed by atoms with Crippen molar-refractivity contribution in [2.75, 3.05) is 11.3 Å². The van der Waals surface area contributed by atoms with Gasteiger partial charge in [0.15, 0.2) is 10.2 Å². The number of aromatic nitrogens is 2. The third-order valence-corrected chi connectivity index (χ3v) is 4.93. The van der Waals surface area contributed by atoms with Gasteiger partial charge in [-0.05, 0) is 31.5 Å². The molecule has 21 heavy (non-hydrogen) atoms. The van der Waals surface area contributed by atoms with Gasteiger partial charge in [0.1, 0.15) is 0 Å². The zero-order valence-electron chi connectivity index (χ0n) is 12.0. The van der Waals surface area contributed by atoms with Crippen LogP contribution in [0.25, 0.3) is 0 Å². The van der Waals surface area contributed by atoms with E-state index in [2.05, 4.69) is 26.9 Å². The smallest absolute Gasteiger partial charge is 0.281 e. The minimum absolute atomic E-state index is 0.00501. The van der Waals surface area contributed by atoms with Gasteiger partial charge < -0.3 is 5.32 Å². The van der Waals surface area contributed by atoms with Crippen LogP contribution in [0.2, 0.25) is 0 Å². The summed E-state index contributed by atoms with van der Waals surface area (Å²) in [6.07, 6.45) is 2.63. The molecule has 0 saturated heterocycles. The highest BCUT2D eigenvalue weighted by Gasteiger charge is 2.17. The summed E-state index contributed by atoms with van der Waals surface area (Å²) in [7, 11) is -3.68. The van der Waals surface area contributed by atoms with Crippen LogP contribution >= 0.6 is 11.3 Å². The fourth-order valence-corrected chi connectivity index (χ4v) is 3.52. The Morgan fingerprint density at radius 1 is 1.33 bits per heavy atom. The van der Waals surface area contributed by atoms with E-state index in [4.69, 9.17) is 0 Å². The maximum Gasteiger partial charge on any atom is 0.281 e. The number of sulfonamides is 1. The first-order chi connectivity index (χ1) is 10.0. The van der Waals surface area contributed by atoms with E-state index in [0.29, 0.717) is 11.7 Å². The first kappa shape index (κ1) is 15.9. The first-order valence-electron chi connectivity index (χ1n) is 6.62. The van der Waals surface area contributed by atoms with Crippen LogP contribution in [0.3, 0.4) is 0 Å². The summed E-state index contributed by atoms with van der Waals surface area (Å²) in [4.78, 5) is 8.10. The van der Waals surface area contributed by atoms with Crippen LogP contribution in [0.15, 0.2) is 28.7 Å². The molecule has 2 rings (SSSR count). The normalized spacial score (nSPS) is 11.5. The van der Waals surface area contributed by atoms with Gasteiger partial charge in [-0.25, -0.2) is 9.97 Å². The van der Waals surface area contributed by atoms with Crippen LogP contribution in [-0.4, -0.2) is 24.9 Å².